The van der Waals surface area contributed by atoms with E-state index in [9.17, 15) is 0 Å². The first-order valence-electron chi connectivity index (χ1n) is 6.12. The van der Waals surface area contributed by atoms with Crippen LogP contribution >= 0.6 is 0 Å². The third kappa shape index (κ3) is 2.43. The molecule has 15 heavy (non-hydrogen) atoms. The number of ether oxygens (including phenoxy) is 1. The summed E-state index contributed by atoms with van der Waals surface area (Å²) in [5.41, 5.74) is 0.542. The molecule has 86 valence electrons. The Bertz CT molecular complexity index is 229. The molecule has 2 aliphatic heterocycles. The quantitative estimate of drug-likeness (QED) is 0.648. The molecule has 0 radical (unpaired) electrons. The van der Waals surface area contributed by atoms with Crippen molar-refractivity contribution in [3.8, 4) is 0 Å². The van der Waals surface area contributed by atoms with Gasteiger partial charge in [-0.05, 0) is 45.1 Å². The van der Waals surface area contributed by atoms with Crippen LogP contribution in [0, 0.1) is 5.41 Å². The molecule has 1 spiro atoms. The van der Waals surface area contributed by atoms with Gasteiger partial charge in [0.1, 0.15) is 0 Å². The fraction of sp³-hybridized carbons (Fsp3) is 0.846. The lowest BCUT2D eigenvalue weighted by atomic mass is 9.75. The molecule has 0 bridgehead atoms. The van der Waals surface area contributed by atoms with Gasteiger partial charge >= 0.3 is 0 Å². The van der Waals surface area contributed by atoms with E-state index in [-0.39, 0.29) is 0 Å². The van der Waals surface area contributed by atoms with Gasteiger partial charge < -0.3 is 4.74 Å². The van der Waals surface area contributed by atoms with Crippen LogP contribution in [0.15, 0.2) is 12.7 Å². The molecule has 0 aromatic heterocycles. The van der Waals surface area contributed by atoms with Crippen molar-refractivity contribution < 1.29 is 4.74 Å². The zero-order valence-corrected chi connectivity index (χ0v) is 10.0. The van der Waals surface area contributed by atoms with Crippen molar-refractivity contribution in [3.05, 3.63) is 12.7 Å². The predicted octanol–water partition coefficient (Wildman–Crippen LogP) is 2.45. The summed E-state index contributed by atoms with van der Waals surface area (Å²) in [6.07, 6.45) is 6.73. The van der Waals surface area contributed by atoms with Crippen molar-refractivity contribution in [1.82, 2.24) is 4.90 Å². The molecule has 2 heteroatoms. The molecule has 2 saturated heterocycles. The van der Waals surface area contributed by atoms with Gasteiger partial charge in [0.05, 0.1) is 12.2 Å². The maximum absolute atomic E-state index is 5.83. The highest BCUT2D eigenvalue weighted by atomic mass is 16.5. The highest BCUT2D eigenvalue weighted by Crippen LogP contribution is 2.43. The molecule has 0 N–H and O–H groups in total. The Labute approximate surface area is 93.3 Å². The first-order valence-corrected chi connectivity index (χ1v) is 6.12. The third-order valence-corrected chi connectivity index (χ3v) is 3.81. The average Bonchev–Trinajstić information content (AvgIpc) is 2.46. The Morgan fingerprint density at radius 2 is 2.07 bits per heavy atom. The summed E-state index contributed by atoms with van der Waals surface area (Å²) in [7, 11) is 0. The van der Waals surface area contributed by atoms with Gasteiger partial charge in [-0.15, -0.1) is 6.58 Å². The van der Waals surface area contributed by atoms with E-state index in [4.69, 9.17) is 4.74 Å². The Morgan fingerprint density at radius 3 is 2.67 bits per heavy atom. The minimum absolute atomic E-state index is 0.442. The lowest BCUT2D eigenvalue weighted by Crippen LogP contribution is -2.40. The van der Waals surface area contributed by atoms with E-state index >= 15 is 0 Å². The van der Waals surface area contributed by atoms with Crippen LogP contribution in [0.25, 0.3) is 0 Å². The number of nitrogens with zero attached hydrogens (tertiary/aromatic N) is 1. The maximum Gasteiger partial charge on any atom is 0.0556 e. The van der Waals surface area contributed by atoms with Gasteiger partial charge in [0, 0.05) is 13.1 Å². The topological polar surface area (TPSA) is 12.5 Å². The highest BCUT2D eigenvalue weighted by molar-refractivity contribution is 4.96. The number of rotatable bonds is 2. The van der Waals surface area contributed by atoms with Gasteiger partial charge in [0.15, 0.2) is 0 Å². The van der Waals surface area contributed by atoms with Crippen molar-refractivity contribution in [2.75, 3.05) is 19.6 Å². The van der Waals surface area contributed by atoms with Crippen LogP contribution in [0.3, 0.4) is 0 Å². The molecule has 0 amide bonds. The summed E-state index contributed by atoms with van der Waals surface area (Å²) in [5, 5.41) is 0. The second kappa shape index (κ2) is 4.26. The van der Waals surface area contributed by atoms with Crippen LogP contribution in [-0.4, -0.2) is 36.7 Å². The third-order valence-electron chi connectivity index (χ3n) is 3.81. The standard InChI is InChI=1S/C13H23NO/c1-4-6-14-7-5-13(10-14)8-11(2)15-12(3)9-13/h4,11-12H,1,5-10H2,2-3H3/t11-,12-/m1/s1. The second-order valence-electron chi connectivity index (χ2n) is 5.44. The number of hydrogen-bond donors (Lipinski definition) is 0. The highest BCUT2D eigenvalue weighted by Gasteiger charge is 2.42. The van der Waals surface area contributed by atoms with Gasteiger partial charge in [-0.2, -0.15) is 0 Å². The summed E-state index contributed by atoms with van der Waals surface area (Å²) in [5.74, 6) is 0. The Hall–Kier alpha value is -0.340. The fourth-order valence-corrected chi connectivity index (χ4v) is 3.50. The first-order chi connectivity index (χ1) is 7.13. The molecule has 0 aromatic rings. The first kappa shape index (κ1) is 11.2. The van der Waals surface area contributed by atoms with E-state index < -0.39 is 0 Å². The zero-order chi connectivity index (χ0) is 10.9. The molecule has 2 atom stereocenters. The van der Waals surface area contributed by atoms with E-state index in [0.717, 1.165) is 6.54 Å². The summed E-state index contributed by atoms with van der Waals surface area (Å²) >= 11 is 0. The summed E-state index contributed by atoms with van der Waals surface area (Å²) in [6, 6.07) is 0. The molecule has 2 heterocycles. The molecular formula is C13H23NO. The second-order valence-corrected chi connectivity index (χ2v) is 5.44. The zero-order valence-electron chi connectivity index (χ0n) is 10.0. The Balaban J connectivity index is 1.98. The van der Waals surface area contributed by atoms with Gasteiger partial charge in [-0.25, -0.2) is 0 Å². The number of hydrogen-bond acceptors (Lipinski definition) is 2. The van der Waals surface area contributed by atoms with Crippen LogP contribution < -0.4 is 0 Å². The molecule has 2 nitrogen and oxygen atoms in total. The minimum atomic E-state index is 0.442. The van der Waals surface area contributed by atoms with Crippen molar-refractivity contribution in [2.45, 2.75) is 45.3 Å². The minimum Gasteiger partial charge on any atom is -0.376 e. The predicted molar refractivity (Wildman–Crippen MR) is 62.9 cm³/mol. The summed E-state index contributed by atoms with van der Waals surface area (Å²) < 4.78 is 5.83. The maximum atomic E-state index is 5.83. The largest absolute Gasteiger partial charge is 0.376 e. The number of likely N-dealkylation sites (tertiary alicyclic amines) is 1. The van der Waals surface area contributed by atoms with Crippen molar-refractivity contribution in [3.63, 3.8) is 0 Å². The van der Waals surface area contributed by atoms with Gasteiger partial charge in [0.2, 0.25) is 0 Å². The van der Waals surface area contributed by atoms with Gasteiger partial charge in [0.25, 0.3) is 0 Å². The smallest absolute Gasteiger partial charge is 0.0556 e. The van der Waals surface area contributed by atoms with Crippen LogP contribution in [0.1, 0.15) is 33.1 Å². The van der Waals surface area contributed by atoms with Crippen LogP contribution in [0.5, 0.6) is 0 Å². The van der Waals surface area contributed by atoms with Gasteiger partial charge in [-0.1, -0.05) is 6.08 Å². The molecule has 0 saturated carbocycles. The van der Waals surface area contributed by atoms with E-state index in [0.29, 0.717) is 17.6 Å². The molecular weight excluding hydrogens is 186 g/mol. The van der Waals surface area contributed by atoms with Crippen molar-refractivity contribution in [2.24, 2.45) is 5.41 Å². The molecule has 2 fully saturated rings. The molecule has 2 aliphatic rings. The normalized spacial score (nSPS) is 42.3. The van der Waals surface area contributed by atoms with Crippen molar-refractivity contribution >= 4 is 0 Å². The molecule has 2 rings (SSSR count). The van der Waals surface area contributed by atoms with E-state index in [1.165, 1.54) is 32.4 Å². The summed E-state index contributed by atoms with van der Waals surface area (Å²) in [4.78, 5) is 2.53. The lowest BCUT2D eigenvalue weighted by Gasteiger charge is -2.40. The average molecular weight is 209 g/mol. The van der Waals surface area contributed by atoms with Crippen LogP contribution in [-0.2, 0) is 4.74 Å². The van der Waals surface area contributed by atoms with Gasteiger partial charge in [-0.3, -0.25) is 4.90 Å². The van der Waals surface area contributed by atoms with Crippen molar-refractivity contribution in [1.29, 1.82) is 0 Å². The van der Waals surface area contributed by atoms with E-state index in [1.807, 2.05) is 6.08 Å². The SMILES string of the molecule is C=CCN1CCC2(C[C@@H](C)O[C@H](C)C2)C1. The Kier molecular flexibility index (Phi) is 3.17. The molecule has 0 aromatic carbocycles. The van der Waals surface area contributed by atoms with Crippen LogP contribution in [0.2, 0.25) is 0 Å². The lowest BCUT2D eigenvalue weighted by molar-refractivity contribution is -0.0834. The van der Waals surface area contributed by atoms with E-state index in [1.54, 1.807) is 0 Å². The summed E-state index contributed by atoms with van der Waals surface area (Å²) in [6.45, 7) is 11.8. The Morgan fingerprint density at radius 1 is 1.40 bits per heavy atom. The van der Waals surface area contributed by atoms with E-state index in [2.05, 4.69) is 25.3 Å². The molecule has 0 aliphatic carbocycles. The molecule has 0 unspecified atom stereocenters. The monoisotopic (exact) mass is 209 g/mol. The fourth-order valence-electron chi connectivity index (χ4n) is 3.50. The van der Waals surface area contributed by atoms with Crippen LogP contribution in [0.4, 0.5) is 0 Å².